The molecule has 0 fully saturated rings. The quantitative estimate of drug-likeness (QED) is 0.739. The third-order valence-electron chi connectivity index (χ3n) is 3.00. The van der Waals surface area contributed by atoms with E-state index in [9.17, 15) is 4.79 Å². The Morgan fingerprint density at radius 3 is 2.61 bits per heavy atom. The molecule has 18 heavy (non-hydrogen) atoms. The lowest BCUT2D eigenvalue weighted by atomic mass is 10.2. The Hall–Kier alpha value is -2.49. The van der Waals surface area contributed by atoms with Crippen LogP contribution in [-0.2, 0) is 6.54 Å². The Morgan fingerprint density at radius 2 is 1.89 bits per heavy atom. The number of benzene rings is 1. The Bertz CT molecular complexity index is 652. The van der Waals surface area contributed by atoms with Crippen LogP contribution in [-0.4, -0.2) is 20.9 Å². The number of aromatic carboxylic acids is 1. The van der Waals surface area contributed by atoms with Crippen molar-refractivity contribution in [3.05, 3.63) is 59.8 Å². The standard InChI is InChI=1S/C14H12N2O2/c17-14(18)13-11-7-4-8-12(11)16(15-13)9-10-5-2-1-3-6-10/h1-8,15H,9H2,(H,17,18). The Labute approximate surface area is 104 Å². The van der Waals surface area contributed by atoms with Crippen LogP contribution < -0.4 is 0 Å². The number of nitrogens with zero attached hydrogens (tertiary/aromatic N) is 1. The average Bonchev–Trinajstić information content (AvgIpc) is 2.94. The number of hydrogen-bond donors (Lipinski definition) is 2. The first-order chi connectivity index (χ1) is 8.75. The van der Waals surface area contributed by atoms with Crippen LogP contribution >= 0.6 is 0 Å². The van der Waals surface area contributed by atoms with Crippen molar-refractivity contribution in [1.29, 1.82) is 0 Å². The van der Waals surface area contributed by atoms with Gasteiger partial charge < -0.3 is 5.11 Å². The summed E-state index contributed by atoms with van der Waals surface area (Å²) in [6.07, 6.45) is 0. The molecule has 1 aliphatic carbocycles. The van der Waals surface area contributed by atoms with Gasteiger partial charge in [0, 0.05) is 5.56 Å². The van der Waals surface area contributed by atoms with E-state index in [0.29, 0.717) is 6.54 Å². The van der Waals surface area contributed by atoms with Crippen LogP contribution in [0.1, 0.15) is 16.1 Å². The summed E-state index contributed by atoms with van der Waals surface area (Å²) in [5.74, 6) is -0.932. The smallest absolute Gasteiger partial charge is 0.354 e. The van der Waals surface area contributed by atoms with Gasteiger partial charge in [-0.1, -0.05) is 42.5 Å². The Balaban J connectivity index is 2.02. The summed E-state index contributed by atoms with van der Waals surface area (Å²) in [7, 11) is 0. The zero-order valence-corrected chi connectivity index (χ0v) is 9.63. The van der Waals surface area contributed by atoms with Crippen molar-refractivity contribution < 1.29 is 9.90 Å². The number of nitrogens with one attached hydrogen (secondary N) is 1. The lowest BCUT2D eigenvalue weighted by Gasteiger charge is -2.05. The van der Waals surface area contributed by atoms with Crippen LogP contribution in [0.2, 0.25) is 0 Å². The van der Waals surface area contributed by atoms with Crippen LogP contribution in [0.5, 0.6) is 0 Å². The lowest BCUT2D eigenvalue weighted by molar-refractivity contribution is 0.0690. The molecule has 0 unspecified atom stereocenters. The molecule has 0 saturated carbocycles. The van der Waals surface area contributed by atoms with E-state index in [1.165, 1.54) is 0 Å². The molecule has 4 nitrogen and oxygen atoms in total. The molecule has 4 heteroatoms. The number of rotatable bonds is 3. The first-order valence-corrected chi connectivity index (χ1v) is 5.70. The molecule has 2 aliphatic rings. The number of carbonyl (C=O) groups is 1. The van der Waals surface area contributed by atoms with E-state index < -0.39 is 5.97 Å². The van der Waals surface area contributed by atoms with Crippen LogP contribution in [0.3, 0.4) is 0 Å². The summed E-state index contributed by atoms with van der Waals surface area (Å²) in [6, 6.07) is 15.5. The number of H-pyrrole nitrogens is 1. The molecule has 1 heterocycles. The molecule has 0 spiro atoms. The number of fused-ring (bicyclic) bond motifs is 1. The Morgan fingerprint density at radius 1 is 1.11 bits per heavy atom. The van der Waals surface area contributed by atoms with Gasteiger partial charge in [-0.3, -0.25) is 9.78 Å². The number of aromatic amines is 1. The highest BCUT2D eigenvalue weighted by molar-refractivity contribution is 5.94. The topological polar surface area (TPSA) is 58.0 Å². The summed E-state index contributed by atoms with van der Waals surface area (Å²) < 4.78 is 1.86. The van der Waals surface area contributed by atoms with E-state index in [0.717, 1.165) is 16.8 Å². The van der Waals surface area contributed by atoms with Gasteiger partial charge in [0.2, 0.25) is 0 Å². The van der Waals surface area contributed by atoms with Crippen molar-refractivity contribution in [2.75, 3.05) is 0 Å². The molecule has 0 saturated heterocycles. The largest absolute Gasteiger partial charge is 0.477 e. The molecule has 0 amide bonds. The fourth-order valence-corrected chi connectivity index (χ4v) is 2.17. The maximum Gasteiger partial charge on any atom is 0.354 e. The zero-order chi connectivity index (χ0) is 12.5. The monoisotopic (exact) mass is 240 g/mol. The molecule has 1 aromatic rings. The highest BCUT2D eigenvalue weighted by Gasteiger charge is 2.19. The van der Waals surface area contributed by atoms with Gasteiger partial charge >= 0.3 is 5.97 Å². The molecule has 1 aliphatic heterocycles. The van der Waals surface area contributed by atoms with Crippen LogP contribution in [0.4, 0.5) is 0 Å². The minimum absolute atomic E-state index is 0.242. The molecule has 2 N–H and O–H groups in total. The van der Waals surface area contributed by atoms with Crippen molar-refractivity contribution in [3.63, 3.8) is 0 Å². The van der Waals surface area contributed by atoms with Crippen LogP contribution in [0.25, 0.3) is 11.3 Å². The maximum atomic E-state index is 11.1. The second-order valence-electron chi connectivity index (χ2n) is 4.19. The highest BCUT2D eigenvalue weighted by atomic mass is 16.4. The van der Waals surface area contributed by atoms with Crippen molar-refractivity contribution in [2.24, 2.45) is 0 Å². The van der Waals surface area contributed by atoms with Gasteiger partial charge in [0.1, 0.15) is 5.69 Å². The molecule has 0 radical (unpaired) electrons. The summed E-state index contributed by atoms with van der Waals surface area (Å²) >= 11 is 0. The molecule has 1 aromatic carbocycles. The molecule has 0 aromatic heterocycles. The summed E-state index contributed by atoms with van der Waals surface area (Å²) in [4.78, 5) is 11.1. The van der Waals surface area contributed by atoms with Crippen LogP contribution in [0.15, 0.2) is 48.5 Å². The minimum atomic E-state index is -0.932. The predicted molar refractivity (Wildman–Crippen MR) is 67.9 cm³/mol. The van der Waals surface area contributed by atoms with E-state index in [2.05, 4.69) is 5.10 Å². The number of carboxylic acid groups (broad SMARTS) is 1. The van der Waals surface area contributed by atoms with Gasteiger partial charge in [-0.15, -0.1) is 0 Å². The second kappa shape index (κ2) is 4.07. The van der Waals surface area contributed by atoms with E-state index in [1.807, 2.05) is 53.2 Å². The summed E-state index contributed by atoms with van der Waals surface area (Å²) in [5, 5.41) is 12.1. The van der Waals surface area contributed by atoms with Gasteiger partial charge in [0.25, 0.3) is 0 Å². The average molecular weight is 240 g/mol. The highest BCUT2D eigenvalue weighted by Crippen LogP contribution is 2.27. The molecular formula is C14H12N2O2. The van der Waals surface area contributed by atoms with Crippen molar-refractivity contribution in [2.45, 2.75) is 6.54 Å². The summed E-state index contributed by atoms with van der Waals surface area (Å²) in [5.41, 5.74) is 3.03. The van der Waals surface area contributed by atoms with Gasteiger partial charge in [0.05, 0.1) is 12.2 Å². The van der Waals surface area contributed by atoms with Gasteiger partial charge in [-0.25, -0.2) is 4.79 Å². The molecular weight excluding hydrogens is 228 g/mol. The fourth-order valence-electron chi connectivity index (χ4n) is 2.17. The van der Waals surface area contributed by atoms with Crippen molar-refractivity contribution in [1.82, 2.24) is 9.78 Å². The van der Waals surface area contributed by atoms with E-state index in [1.54, 1.807) is 0 Å². The van der Waals surface area contributed by atoms with E-state index in [4.69, 9.17) is 5.11 Å². The van der Waals surface area contributed by atoms with Crippen molar-refractivity contribution >= 4 is 5.97 Å². The van der Waals surface area contributed by atoms with Gasteiger partial charge in [-0.2, -0.15) is 0 Å². The third kappa shape index (κ3) is 1.68. The number of aromatic nitrogens is 2. The molecule has 3 rings (SSSR count). The molecule has 90 valence electrons. The van der Waals surface area contributed by atoms with Crippen LogP contribution in [0, 0.1) is 0 Å². The first kappa shape index (κ1) is 10.7. The zero-order valence-electron chi connectivity index (χ0n) is 9.63. The second-order valence-corrected chi connectivity index (χ2v) is 4.19. The fraction of sp³-hybridized carbons (Fsp3) is 0.0714. The predicted octanol–water partition coefficient (Wildman–Crippen LogP) is 2.67. The van der Waals surface area contributed by atoms with E-state index >= 15 is 0 Å². The molecule has 0 bridgehead atoms. The normalized spacial score (nSPS) is 10.9. The Kier molecular flexibility index (Phi) is 2.41. The number of hydrogen-bond acceptors (Lipinski definition) is 1. The molecule has 0 atom stereocenters. The van der Waals surface area contributed by atoms with Gasteiger partial charge in [0.15, 0.2) is 0 Å². The maximum absolute atomic E-state index is 11.1. The third-order valence-corrected chi connectivity index (χ3v) is 3.00. The SMILES string of the molecule is O=C(O)c1[nH]n(Cc2ccccc2)c2cccc1-2. The van der Waals surface area contributed by atoms with Gasteiger partial charge in [-0.05, 0) is 11.6 Å². The van der Waals surface area contributed by atoms with E-state index in [-0.39, 0.29) is 5.69 Å². The summed E-state index contributed by atoms with van der Waals surface area (Å²) in [6.45, 7) is 0.634. The minimum Gasteiger partial charge on any atom is -0.477 e. The number of carboxylic acids is 1. The first-order valence-electron chi connectivity index (χ1n) is 5.70. The van der Waals surface area contributed by atoms with Crippen molar-refractivity contribution in [3.8, 4) is 11.3 Å². The lowest BCUT2D eigenvalue weighted by Crippen LogP contribution is -2.04.